The molecule has 0 unspecified atom stereocenters. The average molecular weight is 350 g/mol. The van der Waals surface area contributed by atoms with Gasteiger partial charge in [-0.15, -0.1) is 0 Å². The number of oxazole rings is 1. The van der Waals surface area contributed by atoms with Crippen LogP contribution in [-0.4, -0.2) is 16.0 Å². The molecule has 2 N–H and O–H groups in total. The third-order valence-electron chi connectivity index (χ3n) is 4.13. The van der Waals surface area contributed by atoms with Crippen molar-refractivity contribution < 1.29 is 14.3 Å². The van der Waals surface area contributed by atoms with Gasteiger partial charge < -0.3 is 14.8 Å². The molecule has 0 radical (unpaired) electrons. The number of carbonyl (C=O) groups is 1. The first-order valence-corrected chi connectivity index (χ1v) is 8.65. The summed E-state index contributed by atoms with van der Waals surface area (Å²) in [6, 6.07) is 14.6. The smallest absolute Gasteiger partial charge is 0.224 e. The number of phenolic OH excluding ortho intramolecular Hbond substituents is 1. The predicted octanol–water partition coefficient (Wildman–Crippen LogP) is 4.74. The highest BCUT2D eigenvalue weighted by Gasteiger charge is 2.10. The molecule has 134 valence electrons. The molecule has 0 saturated carbocycles. The highest BCUT2D eigenvalue weighted by molar-refractivity contribution is 5.90. The summed E-state index contributed by atoms with van der Waals surface area (Å²) in [5.41, 5.74) is 2.90. The molecule has 0 aliphatic rings. The van der Waals surface area contributed by atoms with Gasteiger partial charge in [-0.25, -0.2) is 4.98 Å². The van der Waals surface area contributed by atoms with E-state index in [1.54, 1.807) is 18.3 Å². The zero-order valence-electron chi connectivity index (χ0n) is 14.9. The molecular formula is C21H22N2O3. The number of rotatable bonds is 6. The fourth-order valence-corrected chi connectivity index (χ4v) is 2.58. The molecule has 0 saturated heterocycles. The highest BCUT2D eigenvalue weighted by atomic mass is 16.4. The van der Waals surface area contributed by atoms with Crippen molar-refractivity contribution in [3.63, 3.8) is 0 Å². The second kappa shape index (κ2) is 7.87. The quantitative estimate of drug-likeness (QED) is 0.630. The van der Waals surface area contributed by atoms with E-state index in [0.717, 1.165) is 5.56 Å². The Morgan fingerprint density at radius 2 is 1.81 bits per heavy atom. The molecule has 0 aliphatic heterocycles. The summed E-state index contributed by atoms with van der Waals surface area (Å²) in [4.78, 5) is 16.3. The molecule has 0 spiro atoms. The fraction of sp³-hybridized carbons (Fsp3) is 0.238. The molecule has 1 amide bonds. The van der Waals surface area contributed by atoms with E-state index >= 15 is 0 Å². The Labute approximate surface area is 152 Å². The van der Waals surface area contributed by atoms with Crippen LogP contribution in [0.15, 0.2) is 59.1 Å². The Bertz CT molecular complexity index is 865. The van der Waals surface area contributed by atoms with Crippen LogP contribution < -0.4 is 5.32 Å². The number of phenols is 1. The molecule has 3 aromatic rings. The molecule has 3 rings (SSSR count). The molecule has 1 heterocycles. The van der Waals surface area contributed by atoms with Crippen molar-refractivity contribution in [3.8, 4) is 17.1 Å². The standard InChI is InChI=1S/C21H22N2O3/c1-14(2)15-3-5-16(6-4-15)19-13-22-21(26-19)12-11-20(25)23-17-7-9-18(24)10-8-17/h3-10,13-14,24H,11-12H2,1-2H3,(H,23,25). The third kappa shape index (κ3) is 4.51. The van der Waals surface area contributed by atoms with Crippen LogP contribution in [0.4, 0.5) is 5.69 Å². The fourth-order valence-electron chi connectivity index (χ4n) is 2.58. The van der Waals surface area contributed by atoms with Gasteiger partial charge in [-0.1, -0.05) is 38.1 Å². The lowest BCUT2D eigenvalue weighted by Gasteiger charge is -2.05. The Morgan fingerprint density at radius 1 is 1.12 bits per heavy atom. The number of hydrogen-bond donors (Lipinski definition) is 2. The highest BCUT2D eigenvalue weighted by Crippen LogP contribution is 2.24. The summed E-state index contributed by atoms with van der Waals surface area (Å²) in [6.45, 7) is 4.32. The molecule has 5 nitrogen and oxygen atoms in total. The molecule has 1 aromatic heterocycles. The van der Waals surface area contributed by atoms with E-state index < -0.39 is 0 Å². The van der Waals surface area contributed by atoms with E-state index in [1.165, 1.54) is 17.7 Å². The van der Waals surface area contributed by atoms with Gasteiger partial charge in [0.2, 0.25) is 5.91 Å². The van der Waals surface area contributed by atoms with Crippen molar-refractivity contribution in [1.82, 2.24) is 4.98 Å². The Morgan fingerprint density at radius 3 is 2.46 bits per heavy atom. The normalized spacial score (nSPS) is 10.9. The van der Waals surface area contributed by atoms with Crippen LogP contribution >= 0.6 is 0 Å². The van der Waals surface area contributed by atoms with Crippen molar-refractivity contribution in [2.75, 3.05) is 5.32 Å². The first kappa shape index (κ1) is 17.7. The summed E-state index contributed by atoms with van der Waals surface area (Å²) in [6.07, 6.45) is 2.39. The molecule has 0 aliphatic carbocycles. The first-order chi connectivity index (χ1) is 12.5. The number of carbonyl (C=O) groups excluding carboxylic acids is 1. The maximum atomic E-state index is 12.0. The molecule has 2 aromatic carbocycles. The van der Waals surface area contributed by atoms with E-state index in [-0.39, 0.29) is 18.1 Å². The van der Waals surface area contributed by atoms with E-state index in [1.807, 2.05) is 12.1 Å². The zero-order chi connectivity index (χ0) is 18.5. The van der Waals surface area contributed by atoms with Crippen LogP contribution in [0.1, 0.15) is 37.6 Å². The first-order valence-electron chi connectivity index (χ1n) is 8.65. The number of aryl methyl sites for hydroxylation is 1. The number of aromatic hydroxyl groups is 1. The number of nitrogens with zero attached hydrogens (tertiary/aromatic N) is 1. The van der Waals surface area contributed by atoms with E-state index in [9.17, 15) is 9.90 Å². The maximum absolute atomic E-state index is 12.0. The molecule has 5 heteroatoms. The van der Waals surface area contributed by atoms with E-state index in [4.69, 9.17) is 4.42 Å². The van der Waals surface area contributed by atoms with Gasteiger partial charge in [0.15, 0.2) is 11.7 Å². The predicted molar refractivity (Wildman–Crippen MR) is 101 cm³/mol. The largest absolute Gasteiger partial charge is 0.508 e. The lowest BCUT2D eigenvalue weighted by Crippen LogP contribution is -2.12. The number of benzene rings is 2. The van der Waals surface area contributed by atoms with Crippen LogP contribution in [0.2, 0.25) is 0 Å². The minimum atomic E-state index is -0.128. The van der Waals surface area contributed by atoms with Gasteiger partial charge in [0.25, 0.3) is 0 Å². The maximum Gasteiger partial charge on any atom is 0.224 e. The molecule has 0 fully saturated rings. The lowest BCUT2D eigenvalue weighted by molar-refractivity contribution is -0.116. The number of nitrogens with one attached hydrogen (secondary N) is 1. The van der Waals surface area contributed by atoms with Crippen molar-refractivity contribution in [1.29, 1.82) is 0 Å². The minimum Gasteiger partial charge on any atom is -0.508 e. The van der Waals surface area contributed by atoms with Crippen LogP contribution in [0.3, 0.4) is 0 Å². The van der Waals surface area contributed by atoms with Crippen molar-refractivity contribution in [2.45, 2.75) is 32.6 Å². The van der Waals surface area contributed by atoms with Gasteiger partial charge in [0.05, 0.1) is 6.20 Å². The number of aromatic nitrogens is 1. The average Bonchev–Trinajstić information content (AvgIpc) is 3.11. The SMILES string of the molecule is CC(C)c1ccc(-c2cnc(CCC(=O)Nc3ccc(O)cc3)o2)cc1. The Balaban J connectivity index is 1.56. The molecule has 0 atom stereocenters. The van der Waals surface area contributed by atoms with Gasteiger partial charge in [-0.05, 0) is 35.7 Å². The van der Waals surface area contributed by atoms with E-state index in [2.05, 4.69) is 36.3 Å². The number of hydrogen-bond acceptors (Lipinski definition) is 4. The number of amides is 1. The second-order valence-corrected chi connectivity index (χ2v) is 6.49. The van der Waals surface area contributed by atoms with Crippen LogP contribution in [0, 0.1) is 0 Å². The summed E-state index contributed by atoms with van der Waals surface area (Å²) in [5.74, 6) is 1.76. The van der Waals surface area contributed by atoms with E-state index in [0.29, 0.717) is 29.7 Å². The zero-order valence-corrected chi connectivity index (χ0v) is 14.9. The topological polar surface area (TPSA) is 75.4 Å². The van der Waals surface area contributed by atoms with Crippen molar-refractivity contribution >= 4 is 11.6 Å². The molecule has 0 bridgehead atoms. The van der Waals surface area contributed by atoms with Crippen LogP contribution in [0.5, 0.6) is 5.75 Å². The van der Waals surface area contributed by atoms with Gasteiger partial charge in [-0.2, -0.15) is 0 Å². The summed E-state index contributed by atoms with van der Waals surface area (Å²) in [5, 5.41) is 12.0. The number of anilines is 1. The van der Waals surface area contributed by atoms with Gasteiger partial charge in [0, 0.05) is 24.1 Å². The minimum absolute atomic E-state index is 0.128. The molecule has 26 heavy (non-hydrogen) atoms. The van der Waals surface area contributed by atoms with Gasteiger partial charge >= 0.3 is 0 Å². The summed E-state index contributed by atoms with van der Waals surface area (Å²) >= 11 is 0. The van der Waals surface area contributed by atoms with Gasteiger partial charge in [-0.3, -0.25) is 4.79 Å². The monoisotopic (exact) mass is 350 g/mol. The third-order valence-corrected chi connectivity index (χ3v) is 4.13. The lowest BCUT2D eigenvalue weighted by atomic mass is 10.0. The Hall–Kier alpha value is -3.08. The second-order valence-electron chi connectivity index (χ2n) is 6.49. The summed E-state index contributed by atoms with van der Waals surface area (Å²) < 4.78 is 5.76. The Kier molecular flexibility index (Phi) is 5.37. The van der Waals surface area contributed by atoms with Crippen molar-refractivity contribution in [2.24, 2.45) is 0 Å². The van der Waals surface area contributed by atoms with Crippen LogP contribution in [-0.2, 0) is 11.2 Å². The van der Waals surface area contributed by atoms with Crippen LogP contribution in [0.25, 0.3) is 11.3 Å². The molecular weight excluding hydrogens is 328 g/mol. The summed E-state index contributed by atoms with van der Waals surface area (Å²) in [7, 11) is 0. The van der Waals surface area contributed by atoms with Gasteiger partial charge in [0.1, 0.15) is 5.75 Å². The van der Waals surface area contributed by atoms with Crippen molar-refractivity contribution in [3.05, 3.63) is 66.2 Å².